The molecule has 6 nitrogen and oxygen atoms in total. The largest absolute Gasteiger partial charge is 0.490 e. The monoisotopic (exact) mass is 334 g/mol. The molecule has 0 radical (unpaired) electrons. The highest BCUT2D eigenvalue weighted by atomic mass is 16.5. The van der Waals surface area contributed by atoms with Crippen molar-refractivity contribution in [1.29, 1.82) is 0 Å². The van der Waals surface area contributed by atoms with Crippen molar-refractivity contribution in [2.24, 2.45) is 11.7 Å². The van der Waals surface area contributed by atoms with Crippen molar-refractivity contribution in [3.8, 4) is 5.75 Å². The molecule has 0 bridgehead atoms. The highest BCUT2D eigenvalue weighted by Crippen LogP contribution is 2.27. The lowest BCUT2D eigenvalue weighted by atomic mass is 9.90. The third-order valence-electron chi connectivity index (χ3n) is 4.47. The van der Waals surface area contributed by atoms with Gasteiger partial charge in [-0.05, 0) is 26.0 Å². The number of ether oxygens (including phenoxy) is 2. The van der Waals surface area contributed by atoms with E-state index in [9.17, 15) is 9.59 Å². The third-order valence-corrected chi connectivity index (χ3v) is 4.47. The van der Waals surface area contributed by atoms with Gasteiger partial charge in [0.2, 0.25) is 5.91 Å². The molecule has 0 saturated carbocycles. The number of benzene rings is 1. The highest BCUT2D eigenvalue weighted by molar-refractivity contribution is 5.84. The summed E-state index contributed by atoms with van der Waals surface area (Å²) in [6, 6.07) is 9.48. The van der Waals surface area contributed by atoms with Crippen LogP contribution >= 0.6 is 0 Å². The zero-order valence-corrected chi connectivity index (χ0v) is 14.5. The number of rotatable bonds is 6. The van der Waals surface area contributed by atoms with E-state index in [1.165, 1.54) is 7.11 Å². The van der Waals surface area contributed by atoms with E-state index in [0.29, 0.717) is 19.5 Å². The summed E-state index contributed by atoms with van der Waals surface area (Å²) >= 11 is 0. The van der Waals surface area contributed by atoms with Crippen LogP contribution in [0, 0.1) is 5.92 Å². The first-order chi connectivity index (χ1) is 11.3. The second-order valence-corrected chi connectivity index (χ2v) is 6.65. The fourth-order valence-corrected chi connectivity index (χ4v) is 2.95. The van der Waals surface area contributed by atoms with Gasteiger partial charge in [-0.25, -0.2) is 0 Å². The number of methoxy groups -OCH3 is 1. The number of carbonyl (C=O) groups excluding carboxylic acids is 2. The van der Waals surface area contributed by atoms with Crippen molar-refractivity contribution >= 4 is 11.8 Å². The molecular formula is C18H26N2O4. The summed E-state index contributed by atoms with van der Waals surface area (Å²) in [4.78, 5) is 25.8. The van der Waals surface area contributed by atoms with Crippen LogP contribution in [0.2, 0.25) is 0 Å². The molecular weight excluding hydrogens is 308 g/mol. The number of nitrogens with zero attached hydrogens (tertiary/aromatic N) is 1. The van der Waals surface area contributed by atoms with Crippen molar-refractivity contribution in [1.82, 2.24) is 4.90 Å². The fraction of sp³-hybridized carbons (Fsp3) is 0.556. The summed E-state index contributed by atoms with van der Waals surface area (Å²) < 4.78 is 11.3. The molecule has 6 heteroatoms. The summed E-state index contributed by atoms with van der Waals surface area (Å²) in [6.07, 6.45) is 0.696. The minimum absolute atomic E-state index is 0.0855. The maximum absolute atomic E-state index is 12.6. The maximum Gasteiger partial charge on any atom is 0.254 e. The van der Waals surface area contributed by atoms with Gasteiger partial charge in [0.1, 0.15) is 17.5 Å². The molecule has 2 amide bonds. The number of piperidine rings is 1. The topological polar surface area (TPSA) is 81.9 Å². The van der Waals surface area contributed by atoms with Crippen LogP contribution in [0.15, 0.2) is 30.3 Å². The number of hydrogen-bond acceptors (Lipinski definition) is 4. The summed E-state index contributed by atoms with van der Waals surface area (Å²) in [6.45, 7) is 4.49. The van der Waals surface area contributed by atoms with E-state index in [4.69, 9.17) is 15.2 Å². The molecule has 1 aliphatic heterocycles. The molecule has 2 rings (SSSR count). The van der Waals surface area contributed by atoms with Gasteiger partial charge in [-0.1, -0.05) is 18.2 Å². The lowest BCUT2D eigenvalue weighted by Gasteiger charge is -2.40. The van der Waals surface area contributed by atoms with Crippen molar-refractivity contribution in [2.75, 3.05) is 20.2 Å². The van der Waals surface area contributed by atoms with Crippen molar-refractivity contribution in [3.05, 3.63) is 30.3 Å². The second-order valence-electron chi connectivity index (χ2n) is 6.65. The van der Waals surface area contributed by atoms with Gasteiger partial charge < -0.3 is 20.1 Å². The van der Waals surface area contributed by atoms with Gasteiger partial charge in [0.05, 0.1) is 0 Å². The predicted molar refractivity (Wildman–Crippen MR) is 90.4 cm³/mol. The Morgan fingerprint density at radius 3 is 2.54 bits per heavy atom. The minimum atomic E-state index is -0.885. The zero-order chi connectivity index (χ0) is 17.7. The Bertz CT molecular complexity index is 574. The number of primary amides is 1. The average Bonchev–Trinajstić information content (AvgIpc) is 2.56. The van der Waals surface area contributed by atoms with E-state index >= 15 is 0 Å². The number of likely N-dealkylation sites (tertiary alicyclic amines) is 1. The van der Waals surface area contributed by atoms with Crippen LogP contribution in [0.3, 0.4) is 0 Å². The van der Waals surface area contributed by atoms with Crippen molar-refractivity contribution in [2.45, 2.75) is 38.4 Å². The molecule has 132 valence electrons. The van der Waals surface area contributed by atoms with Crippen LogP contribution in [0.5, 0.6) is 5.75 Å². The van der Waals surface area contributed by atoms with Crippen molar-refractivity contribution < 1.29 is 19.1 Å². The first-order valence-electron chi connectivity index (χ1n) is 8.18. The first-order valence-corrected chi connectivity index (χ1v) is 8.18. The Balaban J connectivity index is 2.09. The van der Waals surface area contributed by atoms with Crippen LogP contribution in [0.1, 0.15) is 26.7 Å². The number of amides is 2. The smallest absolute Gasteiger partial charge is 0.254 e. The average molecular weight is 334 g/mol. The number of hydrogen-bond donors (Lipinski definition) is 1. The molecule has 1 aromatic carbocycles. The molecule has 1 aliphatic rings. The van der Waals surface area contributed by atoms with Gasteiger partial charge in [-0.2, -0.15) is 0 Å². The van der Waals surface area contributed by atoms with Crippen LogP contribution in [-0.4, -0.2) is 48.6 Å². The van der Waals surface area contributed by atoms with Crippen LogP contribution in [0.25, 0.3) is 0 Å². The maximum atomic E-state index is 12.6. The summed E-state index contributed by atoms with van der Waals surface area (Å²) in [5, 5.41) is 0. The lowest BCUT2D eigenvalue weighted by Crippen LogP contribution is -2.54. The van der Waals surface area contributed by atoms with Gasteiger partial charge in [0.15, 0.2) is 0 Å². The lowest BCUT2D eigenvalue weighted by molar-refractivity contribution is -0.155. The van der Waals surface area contributed by atoms with E-state index in [0.717, 1.165) is 5.75 Å². The Morgan fingerprint density at radius 1 is 1.29 bits per heavy atom. The highest BCUT2D eigenvalue weighted by Gasteiger charge is 2.38. The predicted octanol–water partition coefficient (Wildman–Crippen LogP) is 1.58. The normalized spacial score (nSPS) is 21.4. The van der Waals surface area contributed by atoms with E-state index in [2.05, 4.69) is 0 Å². The fourth-order valence-electron chi connectivity index (χ4n) is 2.95. The number of para-hydroxylation sites is 1. The van der Waals surface area contributed by atoms with Crippen LogP contribution in [0.4, 0.5) is 0 Å². The molecule has 1 aromatic rings. The standard InChI is InChI=1S/C18H26N2O4/c1-18(2,23-3)17(22)20-10-9-15(13(12-20)11-16(19)21)24-14-7-5-4-6-8-14/h4-8,13,15H,9-12H2,1-3H3,(H2,19,21)/t13-,15-/m0/s1. The van der Waals surface area contributed by atoms with E-state index in [-0.39, 0.29) is 30.3 Å². The van der Waals surface area contributed by atoms with Gasteiger partial charge in [-0.15, -0.1) is 0 Å². The molecule has 0 aliphatic carbocycles. The summed E-state index contributed by atoms with van der Waals surface area (Å²) in [7, 11) is 1.52. The molecule has 0 spiro atoms. The van der Waals surface area contributed by atoms with Gasteiger partial charge in [0.25, 0.3) is 5.91 Å². The summed E-state index contributed by atoms with van der Waals surface area (Å²) in [5.41, 5.74) is 4.51. The molecule has 0 aromatic heterocycles. The Kier molecular flexibility index (Phi) is 5.83. The Labute approximate surface area is 142 Å². The van der Waals surface area contributed by atoms with Crippen LogP contribution < -0.4 is 10.5 Å². The molecule has 1 saturated heterocycles. The number of carbonyl (C=O) groups is 2. The summed E-state index contributed by atoms with van der Waals surface area (Å²) in [5.74, 6) is 0.154. The first kappa shape index (κ1) is 18.3. The molecule has 1 fully saturated rings. The van der Waals surface area contributed by atoms with Crippen molar-refractivity contribution in [3.63, 3.8) is 0 Å². The van der Waals surface area contributed by atoms with E-state index < -0.39 is 5.60 Å². The molecule has 1 heterocycles. The molecule has 24 heavy (non-hydrogen) atoms. The van der Waals surface area contributed by atoms with E-state index in [1.54, 1.807) is 18.7 Å². The Hall–Kier alpha value is -2.08. The number of nitrogens with two attached hydrogens (primary N) is 1. The van der Waals surface area contributed by atoms with Gasteiger partial charge in [0, 0.05) is 39.0 Å². The quantitative estimate of drug-likeness (QED) is 0.856. The van der Waals surface area contributed by atoms with Crippen LogP contribution in [-0.2, 0) is 14.3 Å². The molecule has 2 N–H and O–H groups in total. The molecule has 0 unspecified atom stereocenters. The zero-order valence-electron chi connectivity index (χ0n) is 14.5. The Morgan fingerprint density at radius 2 is 1.96 bits per heavy atom. The van der Waals surface area contributed by atoms with Gasteiger partial charge >= 0.3 is 0 Å². The van der Waals surface area contributed by atoms with E-state index in [1.807, 2.05) is 30.3 Å². The second kappa shape index (κ2) is 7.66. The third kappa shape index (κ3) is 4.47. The van der Waals surface area contributed by atoms with Gasteiger partial charge in [-0.3, -0.25) is 9.59 Å². The minimum Gasteiger partial charge on any atom is -0.490 e. The molecule has 2 atom stereocenters. The SMILES string of the molecule is COC(C)(C)C(=O)N1CC[C@H](Oc2ccccc2)[C@@H](CC(N)=O)C1.